The minimum Gasteiger partial charge on any atom is -0.452 e. The van der Waals surface area contributed by atoms with E-state index in [0.717, 1.165) is 82.7 Å². The Bertz CT molecular complexity index is 3180. The molecule has 11 rings (SSSR count). The second-order valence-electron chi connectivity index (χ2n) is 13.8. The summed E-state index contributed by atoms with van der Waals surface area (Å²) in [6, 6.07) is 62.1. The van der Waals surface area contributed by atoms with E-state index in [4.69, 9.17) is 28.8 Å². The van der Waals surface area contributed by atoms with Crippen LogP contribution in [0.25, 0.3) is 112 Å². The molecular formula is C50H30N4O2. The fourth-order valence-electron chi connectivity index (χ4n) is 7.65. The van der Waals surface area contributed by atoms with Crippen molar-refractivity contribution in [2.75, 3.05) is 0 Å². The van der Waals surface area contributed by atoms with Crippen molar-refractivity contribution in [2.24, 2.45) is 0 Å². The molecule has 11 aromatic rings. The first-order chi connectivity index (χ1) is 27.7. The zero-order valence-corrected chi connectivity index (χ0v) is 29.9. The Morgan fingerprint density at radius 3 is 1.52 bits per heavy atom. The van der Waals surface area contributed by atoms with E-state index in [9.17, 15) is 0 Å². The number of rotatable bonds is 6. The molecule has 56 heavy (non-hydrogen) atoms. The highest BCUT2D eigenvalue weighted by molar-refractivity contribution is 6.13. The second-order valence-corrected chi connectivity index (χ2v) is 13.8. The minimum atomic E-state index is 0.560. The molecule has 8 aromatic carbocycles. The Morgan fingerprint density at radius 1 is 0.304 bits per heavy atom. The van der Waals surface area contributed by atoms with E-state index in [-0.39, 0.29) is 0 Å². The van der Waals surface area contributed by atoms with Gasteiger partial charge in [-0.1, -0.05) is 146 Å². The fraction of sp³-hybridized carbons (Fsp3) is 0. The number of aromatic nitrogens is 4. The fourth-order valence-corrected chi connectivity index (χ4v) is 7.65. The summed E-state index contributed by atoms with van der Waals surface area (Å²) in [5.41, 5.74) is 11.1. The third-order valence-electron chi connectivity index (χ3n) is 10.4. The van der Waals surface area contributed by atoms with Crippen LogP contribution in [0.3, 0.4) is 0 Å². The number of furan rings is 1. The van der Waals surface area contributed by atoms with Gasteiger partial charge in [-0.15, -0.1) is 0 Å². The highest BCUT2D eigenvalue weighted by atomic mass is 16.4. The smallest absolute Gasteiger partial charge is 0.227 e. The Labute approximate surface area is 321 Å². The van der Waals surface area contributed by atoms with Crippen molar-refractivity contribution < 1.29 is 8.83 Å². The van der Waals surface area contributed by atoms with Crippen LogP contribution in [-0.4, -0.2) is 19.9 Å². The number of para-hydroxylation sites is 1. The average Bonchev–Trinajstić information content (AvgIpc) is 3.89. The maximum atomic E-state index is 6.36. The molecule has 0 aliphatic rings. The van der Waals surface area contributed by atoms with Crippen molar-refractivity contribution in [2.45, 2.75) is 0 Å². The maximum absolute atomic E-state index is 6.36. The van der Waals surface area contributed by atoms with Gasteiger partial charge in [0, 0.05) is 33.0 Å². The topological polar surface area (TPSA) is 77.8 Å². The van der Waals surface area contributed by atoms with Gasteiger partial charge in [-0.05, 0) is 69.4 Å². The Balaban J connectivity index is 0.954. The minimum absolute atomic E-state index is 0.560. The number of nitrogens with zero attached hydrogens (tertiary/aromatic N) is 4. The average molecular weight is 719 g/mol. The molecule has 0 aliphatic heterocycles. The molecule has 262 valence electrons. The number of hydrogen-bond acceptors (Lipinski definition) is 6. The highest BCUT2D eigenvalue weighted by Gasteiger charge is 2.18. The van der Waals surface area contributed by atoms with E-state index in [2.05, 4.69) is 97.1 Å². The zero-order chi connectivity index (χ0) is 37.0. The SMILES string of the molecule is c1ccc(-c2nc(-c3ccccc3)nc(-c3cccc(-c4ccc(-c5ccc(-c6nc7ccc8c9ccccc9oc8c7o6)cc5)c5ccccc45)c3)n2)cc1. The van der Waals surface area contributed by atoms with Crippen molar-refractivity contribution in [1.82, 2.24) is 19.9 Å². The molecule has 0 N–H and O–H groups in total. The largest absolute Gasteiger partial charge is 0.452 e. The molecule has 0 bridgehead atoms. The van der Waals surface area contributed by atoms with Crippen LogP contribution >= 0.6 is 0 Å². The van der Waals surface area contributed by atoms with Crippen molar-refractivity contribution in [3.8, 4) is 67.9 Å². The van der Waals surface area contributed by atoms with Gasteiger partial charge >= 0.3 is 0 Å². The van der Waals surface area contributed by atoms with Crippen LogP contribution in [0.4, 0.5) is 0 Å². The van der Waals surface area contributed by atoms with E-state index in [0.29, 0.717) is 28.9 Å². The van der Waals surface area contributed by atoms with Crippen LogP contribution in [-0.2, 0) is 0 Å². The number of oxazole rings is 1. The lowest BCUT2D eigenvalue weighted by Gasteiger charge is -2.13. The summed E-state index contributed by atoms with van der Waals surface area (Å²) < 4.78 is 12.6. The first-order valence-electron chi connectivity index (χ1n) is 18.5. The summed E-state index contributed by atoms with van der Waals surface area (Å²) in [5.74, 6) is 2.46. The van der Waals surface area contributed by atoms with Crippen molar-refractivity contribution in [3.63, 3.8) is 0 Å². The number of benzene rings is 8. The first kappa shape index (κ1) is 31.8. The summed E-state index contributed by atoms with van der Waals surface area (Å²) >= 11 is 0. The molecule has 0 atom stereocenters. The van der Waals surface area contributed by atoms with Gasteiger partial charge < -0.3 is 8.83 Å². The Morgan fingerprint density at radius 2 is 0.839 bits per heavy atom. The molecule has 3 heterocycles. The summed E-state index contributed by atoms with van der Waals surface area (Å²) in [5, 5.41) is 4.41. The quantitative estimate of drug-likeness (QED) is 0.170. The lowest BCUT2D eigenvalue weighted by molar-refractivity contribution is 0.603. The monoisotopic (exact) mass is 718 g/mol. The standard InChI is InChI=1S/C50H30N4O2/c1-3-12-32(13-4-1)47-52-48(33-14-5-2-6-15-33)54-49(53-47)36-17-11-16-35(30-36)38-27-26-37(39-18-7-8-19-40(38)39)31-22-24-34(25-23-31)50-51-43-29-28-42-41-20-9-10-21-44(41)55-45(42)46(43)56-50/h1-30H. The predicted octanol–water partition coefficient (Wildman–Crippen LogP) is 13.1. The lowest BCUT2D eigenvalue weighted by atomic mass is 9.91. The molecule has 0 saturated heterocycles. The predicted molar refractivity (Wildman–Crippen MR) is 225 cm³/mol. The molecular weight excluding hydrogens is 689 g/mol. The third-order valence-corrected chi connectivity index (χ3v) is 10.4. The molecule has 3 aromatic heterocycles. The molecule has 0 saturated carbocycles. The van der Waals surface area contributed by atoms with E-state index in [1.165, 1.54) is 0 Å². The molecule has 6 heteroatoms. The summed E-state index contributed by atoms with van der Waals surface area (Å²) in [4.78, 5) is 19.7. The van der Waals surface area contributed by atoms with Crippen LogP contribution in [0, 0.1) is 0 Å². The van der Waals surface area contributed by atoms with Crippen LogP contribution in [0.1, 0.15) is 0 Å². The Hall–Kier alpha value is -7.70. The van der Waals surface area contributed by atoms with Crippen molar-refractivity contribution >= 4 is 43.8 Å². The molecule has 0 aliphatic carbocycles. The van der Waals surface area contributed by atoms with Crippen molar-refractivity contribution in [3.05, 3.63) is 182 Å². The van der Waals surface area contributed by atoms with E-state index >= 15 is 0 Å². The van der Waals surface area contributed by atoms with Gasteiger partial charge in [0.1, 0.15) is 11.1 Å². The number of hydrogen-bond donors (Lipinski definition) is 0. The normalized spacial score (nSPS) is 11.6. The molecule has 0 spiro atoms. The third kappa shape index (κ3) is 5.43. The van der Waals surface area contributed by atoms with E-state index < -0.39 is 0 Å². The molecule has 0 amide bonds. The van der Waals surface area contributed by atoms with Crippen LogP contribution < -0.4 is 0 Å². The van der Waals surface area contributed by atoms with Gasteiger partial charge in [0.05, 0.1) is 0 Å². The molecule has 0 fully saturated rings. The second kappa shape index (κ2) is 13.0. The highest BCUT2D eigenvalue weighted by Crippen LogP contribution is 2.39. The van der Waals surface area contributed by atoms with Crippen molar-refractivity contribution in [1.29, 1.82) is 0 Å². The summed E-state index contributed by atoms with van der Waals surface area (Å²) in [7, 11) is 0. The zero-order valence-electron chi connectivity index (χ0n) is 29.9. The summed E-state index contributed by atoms with van der Waals surface area (Å²) in [6.45, 7) is 0. The lowest BCUT2D eigenvalue weighted by Crippen LogP contribution is -2.00. The van der Waals surface area contributed by atoms with Crippen LogP contribution in [0.5, 0.6) is 0 Å². The molecule has 0 radical (unpaired) electrons. The van der Waals surface area contributed by atoms with Gasteiger partial charge in [-0.3, -0.25) is 0 Å². The molecule has 0 unspecified atom stereocenters. The van der Waals surface area contributed by atoms with Gasteiger partial charge in [0.15, 0.2) is 28.6 Å². The maximum Gasteiger partial charge on any atom is 0.227 e. The van der Waals surface area contributed by atoms with Gasteiger partial charge in [-0.25, -0.2) is 19.9 Å². The van der Waals surface area contributed by atoms with E-state index in [1.54, 1.807) is 0 Å². The summed E-state index contributed by atoms with van der Waals surface area (Å²) in [6.07, 6.45) is 0. The van der Waals surface area contributed by atoms with Crippen LogP contribution in [0.15, 0.2) is 191 Å². The first-order valence-corrected chi connectivity index (χ1v) is 18.5. The van der Waals surface area contributed by atoms with Gasteiger partial charge in [-0.2, -0.15) is 0 Å². The Kier molecular flexibility index (Phi) is 7.38. The number of fused-ring (bicyclic) bond motifs is 6. The van der Waals surface area contributed by atoms with Gasteiger partial charge in [0.2, 0.25) is 5.89 Å². The van der Waals surface area contributed by atoms with Gasteiger partial charge in [0.25, 0.3) is 0 Å². The molecule has 6 nitrogen and oxygen atoms in total. The van der Waals surface area contributed by atoms with Crippen LogP contribution in [0.2, 0.25) is 0 Å². The van der Waals surface area contributed by atoms with E-state index in [1.807, 2.05) is 84.9 Å².